The fraction of sp³-hybridized carbons (Fsp3) is 0.308. The molecule has 0 bridgehead atoms. The predicted molar refractivity (Wildman–Crippen MR) is 148 cm³/mol. The van der Waals surface area contributed by atoms with Crippen LogP contribution in [0, 0.1) is 0 Å². The van der Waals surface area contributed by atoms with E-state index in [-0.39, 0.29) is 16.8 Å². The van der Waals surface area contributed by atoms with Crippen LogP contribution in [0.5, 0.6) is 0 Å². The van der Waals surface area contributed by atoms with E-state index in [2.05, 4.69) is 27.0 Å². The highest BCUT2D eigenvalue weighted by molar-refractivity contribution is 7.86. The average molecular weight is 561 g/mol. The molecule has 0 radical (unpaired) electrons. The third kappa shape index (κ3) is 8.35. The third-order valence-electron chi connectivity index (χ3n) is 5.73. The van der Waals surface area contributed by atoms with Crippen molar-refractivity contribution in [3.8, 4) is 0 Å². The van der Waals surface area contributed by atoms with E-state index in [1.165, 1.54) is 42.5 Å². The molecule has 204 valence electrons. The van der Waals surface area contributed by atoms with Gasteiger partial charge in [0.25, 0.3) is 20.2 Å². The van der Waals surface area contributed by atoms with Gasteiger partial charge in [0.15, 0.2) is 0 Å². The zero-order valence-electron chi connectivity index (χ0n) is 22.1. The first-order valence-electron chi connectivity index (χ1n) is 11.5. The lowest BCUT2D eigenvalue weighted by atomic mass is 9.97. The van der Waals surface area contributed by atoms with Crippen LogP contribution in [-0.2, 0) is 20.2 Å². The van der Waals surface area contributed by atoms with Gasteiger partial charge in [0.1, 0.15) is 9.79 Å². The summed E-state index contributed by atoms with van der Waals surface area (Å²) < 4.78 is 68.0. The molecule has 0 saturated carbocycles. The van der Waals surface area contributed by atoms with Crippen LogP contribution >= 0.6 is 0 Å². The molecule has 0 fully saturated rings. The Labute approximate surface area is 224 Å². The van der Waals surface area contributed by atoms with Crippen LogP contribution in [0.2, 0.25) is 0 Å². The second-order valence-corrected chi connectivity index (χ2v) is 11.9. The summed E-state index contributed by atoms with van der Waals surface area (Å²) in [6.07, 6.45) is 4.53. The molecule has 0 spiro atoms. The summed E-state index contributed by atoms with van der Waals surface area (Å²) in [5.74, 6) is 0. The minimum atomic E-state index is -4.67. The molecular formula is C26H32N4O6S2. The van der Waals surface area contributed by atoms with E-state index in [1.54, 1.807) is 19.9 Å². The molecule has 2 N–H and O–H groups in total. The molecule has 0 aromatic heterocycles. The van der Waals surface area contributed by atoms with Crippen molar-refractivity contribution in [3.05, 3.63) is 77.0 Å². The van der Waals surface area contributed by atoms with Crippen LogP contribution in [0.25, 0.3) is 12.2 Å². The first kappa shape index (κ1) is 30.9. The zero-order chi connectivity index (χ0) is 28.9. The average Bonchev–Trinajstić information content (AvgIpc) is 2.83. The Morgan fingerprint density at radius 1 is 0.947 bits per heavy atom. The number of rotatable bonds is 10. The fourth-order valence-corrected chi connectivity index (χ4v) is 4.59. The monoisotopic (exact) mass is 560 g/mol. The predicted octanol–water partition coefficient (Wildman–Crippen LogP) is 7.23. The van der Waals surface area contributed by atoms with Gasteiger partial charge < -0.3 is 0 Å². The Kier molecular flexibility index (Phi) is 9.78. The summed E-state index contributed by atoms with van der Waals surface area (Å²) >= 11 is 0. The van der Waals surface area contributed by atoms with Gasteiger partial charge in [0.2, 0.25) is 0 Å². The molecular weight excluding hydrogens is 528 g/mol. The van der Waals surface area contributed by atoms with Crippen LogP contribution in [0.4, 0.5) is 5.69 Å². The lowest BCUT2D eigenvalue weighted by Gasteiger charge is -2.18. The Bertz CT molecular complexity index is 1550. The quantitative estimate of drug-likeness (QED) is 0.135. The van der Waals surface area contributed by atoms with Crippen molar-refractivity contribution >= 4 is 38.1 Å². The molecule has 0 aliphatic heterocycles. The molecule has 0 aliphatic rings. The van der Waals surface area contributed by atoms with Gasteiger partial charge in [-0.3, -0.25) is 9.11 Å². The maximum absolute atomic E-state index is 12.1. The van der Waals surface area contributed by atoms with Gasteiger partial charge in [-0.15, -0.1) is 0 Å². The van der Waals surface area contributed by atoms with Crippen LogP contribution in [0.15, 0.2) is 90.6 Å². The van der Waals surface area contributed by atoms with Gasteiger partial charge in [-0.1, -0.05) is 43.0 Å². The van der Waals surface area contributed by atoms with E-state index in [9.17, 15) is 25.9 Å². The van der Waals surface area contributed by atoms with Crippen molar-refractivity contribution in [1.29, 1.82) is 0 Å². The summed E-state index contributed by atoms with van der Waals surface area (Å²) in [7, 11) is -9.31. The van der Waals surface area contributed by atoms with Crippen molar-refractivity contribution in [2.75, 3.05) is 0 Å². The lowest BCUT2D eigenvalue weighted by molar-refractivity contribution is 0.480. The minimum Gasteiger partial charge on any atom is -0.282 e. The number of hydrogen-bond donors (Lipinski definition) is 2. The Morgan fingerprint density at radius 3 is 1.97 bits per heavy atom. The molecule has 0 heterocycles. The lowest BCUT2D eigenvalue weighted by Crippen LogP contribution is -2.17. The minimum absolute atomic E-state index is 0.0735. The molecule has 0 saturated heterocycles. The van der Waals surface area contributed by atoms with Gasteiger partial charge in [0, 0.05) is 0 Å². The normalized spacial score (nSPS) is 14.6. The number of nitrogens with zero attached hydrogens (tertiary/aromatic N) is 4. The first-order chi connectivity index (χ1) is 17.5. The molecule has 0 amide bonds. The number of azo groups is 2. The third-order valence-corrected chi connectivity index (χ3v) is 7.55. The van der Waals surface area contributed by atoms with Gasteiger partial charge in [-0.25, -0.2) is 0 Å². The largest absolute Gasteiger partial charge is 0.295 e. The van der Waals surface area contributed by atoms with Crippen molar-refractivity contribution in [1.82, 2.24) is 0 Å². The Balaban J connectivity index is 2.55. The molecule has 10 nitrogen and oxygen atoms in total. The zero-order valence-corrected chi connectivity index (χ0v) is 23.7. The maximum atomic E-state index is 12.1. The van der Waals surface area contributed by atoms with Crippen molar-refractivity contribution in [2.24, 2.45) is 20.5 Å². The topological polar surface area (TPSA) is 158 Å². The highest BCUT2D eigenvalue weighted by Gasteiger charge is 2.20. The van der Waals surface area contributed by atoms with Crippen molar-refractivity contribution in [2.45, 2.75) is 62.9 Å². The van der Waals surface area contributed by atoms with Crippen LogP contribution in [-0.4, -0.2) is 31.5 Å². The Morgan fingerprint density at radius 2 is 1.47 bits per heavy atom. The highest BCUT2D eigenvalue weighted by atomic mass is 32.2. The van der Waals surface area contributed by atoms with E-state index in [0.717, 1.165) is 5.57 Å². The molecule has 2 aromatic carbocycles. The van der Waals surface area contributed by atoms with Crippen LogP contribution in [0.1, 0.15) is 64.3 Å². The van der Waals surface area contributed by atoms with Gasteiger partial charge in [0.05, 0.1) is 23.0 Å². The first-order valence-corrected chi connectivity index (χ1v) is 14.4. The number of allylic oxidation sites excluding steroid dienone is 2. The van der Waals surface area contributed by atoms with Crippen LogP contribution < -0.4 is 0 Å². The SMILES string of the molecule is C=C(C)N=NC(C)c1ccc(C=Cc2ccc(/N=N\C(C)(C)/C(C)=C/C)cc2S(=O)(=O)O)c(S(=O)(=O)O)c1. The molecule has 1 unspecified atom stereocenters. The highest BCUT2D eigenvalue weighted by Crippen LogP contribution is 2.29. The standard InChI is InChI=1S/C26H32N4O6S2/c1-8-18(4)26(6,7)30-29-23-14-13-21(25(16-23)38(34,35)36)10-9-20-11-12-22(15-24(20)37(31,32)33)19(5)28-27-17(2)3/h8-16,19H,2H2,1,3-7H3,(H,31,32,33)(H,34,35,36)/b10-9?,18-8+,28-27?,30-29-. The molecule has 1 atom stereocenters. The number of hydrogen-bond acceptors (Lipinski definition) is 8. The summed E-state index contributed by atoms with van der Waals surface area (Å²) in [5.41, 5.74) is 1.66. The van der Waals surface area contributed by atoms with E-state index >= 15 is 0 Å². The molecule has 0 aliphatic carbocycles. The second-order valence-electron chi connectivity index (χ2n) is 9.16. The van der Waals surface area contributed by atoms with Gasteiger partial charge >= 0.3 is 0 Å². The van der Waals surface area contributed by atoms with Gasteiger partial charge in [-0.2, -0.15) is 37.3 Å². The smallest absolute Gasteiger partial charge is 0.282 e. The van der Waals surface area contributed by atoms with E-state index in [4.69, 9.17) is 0 Å². The maximum Gasteiger partial charge on any atom is 0.295 e. The molecule has 2 aromatic rings. The van der Waals surface area contributed by atoms with Gasteiger partial charge in [-0.05, 0) is 82.0 Å². The molecule has 38 heavy (non-hydrogen) atoms. The van der Waals surface area contributed by atoms with E-state index in [0.29, 0.717) is 11.3 Å². The van der Waals surface area contributed by atoms with Crippen molar-refractivity contribution in [3.63, 3.8) is 0 Å². The van der Waals surface area contributed by atoms with E-state index in [1.807, 2.05) is 33.8 Å². The van der Waals surface area contributed by atoms with Crippen LogP contribution in [0.3, 0.4) is 0 Å². The summed E-state index contributed by atoms with van der Waals surface area (Å²) in [4.78, 5) is -0.839. The second kappa shape index (κ2) is 12.0. The summed E-state index contributed by atoms with van der Waals surface area (Å²) in [6.45, 7) is 14.5. The Hall–Kier alpha value is -3.32. The summed E-state index contributed by atoms with van der Waals surface area (Å²) in [6, 6.07) is 7.89. The fourth-order valence-electron chi connectivity index (χ4n) is 3.16. The molecule has 2 rings (SSSR count). The number of benzene rings is 2. The van der Waals surface area contributed by atoms with Crippen molar-refractivity contribution < 1.29 is 25.9 Å². The van der Waals surface area contributed by atoms with E-state index < -0.39 is 41.6 Å². The molecule has 12 heteroatoms. The summed E-state index contributed by atoms with van der Waals surface area (Å²) in [5, 5.41) is 16.3.